The summed E-state index contributed by atoms with van der Waals surface area (Å²) < 4.78 is 50.1. The number of nitriles is 1. The molecule has 3 N–H and O–H groups in total. The van der Waals surface area contributed by atoms with Crippen LogP contribution >= 0.6 is 0 Å². The summed E-state index contributed by atoms with van der Waals surface area (Å²) in [6.45, 7) is 2.40. The van der Waals surface area contributed by atoms with Crippen LogP contribution in [0.4, 0.5) is 19.0 Å². The molecule has 2 atom stereocenters. The number of nitrogens with two attached hydrogens (primary N) is 1. The molecule has 0 saturated carbocycles. The molecule has 0 radical (unpaired) electrons. The molecular weight excluding hydrogens is 573 g/mol. The summed E-state index contributed by atoms with van der Waals surface area (Å²) in [6.07, 6.45) is 6.41. The normalized spacial score (nSPS) is 18.9. The van der Waals surface area contributed by atoms with Crippen molar-refractivity contribution in [2.75, 3.05) is 25.4 Å². The van der Waals surface area contributed by atoms with Gasteiger partial charge < -0.3 is 20.7 Å². The first-order chi connectivity index (χ1) is 21.3. The number of ether oxygens (including phenoxy) is 1. The highest BCUT2D eigenvalue weighted by Gasteiger charge is 2.33. The zero-order valence-electron chi connectivity index (χ0n) is 23.6. The van der Waals surface area contributed by atoms with Crippen molar-refractivity contribution in [1.29, 1.82) is 5.26 Å². The van der Waals surface area contributed by atoms with Gasteiger partial charge in [0.15, 0.2) is 17.2 Å². The van der Waals surface area contributed by atoms with Gasteiger partial charge in [-0.05, 0) is 62.4 Å². The van der Waals surface area contributed by atoms with Crippen LogP contribution in [0.25, 0.3) is 22.3 Å². The van der Waals surface area contributed by atoms with Crippen molar-refractivity contribution in [1.82, 2.24) is 30.0 Å². The number of nitrogen functional groups attached to an aromatic ring is 1. The van der Waals surface area contributed by atoms with E-state index in [-0.39, 0.29) is 58.6 Å². The summed E-state index contributed by atoms with van der Waals surface area (Å²) in [5, 5.41) is 18.1. The van der Waals surface area contributed by atoms with Gasteiger partial charge in [-0.25, -0.2) is 23.4 Å². The molecule has 2 aromatic carbocycles. The van der Waals surface area contributed by atoms with E-state index in [0.29, 0.717) is 24.0 Å². The van der Waals surface area contributed by atoms with Crippen LogP contribution in [0.5, 0.6) is 11.5 Å². The standard InChI is InChI=1S/C31H29F3N8O2/c32-23-6-1-7-25(27(23)34)44-21-8-9-22(24(33)13-21)28-26-29(36)38-17-39-30(26)42(40-28)16-20-5-3-11-41(20)31(43)19(14-35)12-18-4-2-10-37-15-18/h1,6-9,12-13,17-18,20,37H,2-5,10-11,15-16H2,(H2,36,38,39)/b19-12+/t18?,20-/m0/s1. The average molecular weight is 603 g/mol. The molecule has 2 saturated heterocycles. The molecule has 2 aromatic heterocycles. The lowest BCUT2D eigenvalue weighted by Crippen LogP contribution is -2.39. The second-order valence-corrected chi connectivity index (χ2v) is 10.9. The lowest BCUT2D eigenvalue weighted by atomic mass is 9.96. The molecule has 2 aliphatic heterocycles. The Kier molecular flexibility index (Phi) is 8.17. The molecule has 10 nitrogen and oxygen atoms in total. The molecule has 226 valence electrons. The maximum Gasteiger partial charge on any atom is 0.264 e. The molecule has 4 aromatic rings. The van der Waals surface area contributed by atoms with Crippen molar-refractivity contribution in [2.45, 2.75) is 38.3 Å². The lowest BCUT2D eigenvalue weighted by Gasteiger charge is -2.25. The summed E-state index contributed by atoms with van der Waals surface area (Å²) in [4.78, 5) is 23.6. The highest BCUT2D eigenvalue weighted by molar-refractivity contribution is 5.99. The van der Waals surface area contributed by atoms with Gasteiger partial charge in [0, 0.05) is 24.7 Å². The number of piperidine rings is 1. The third-order valence-electron chi connectivity index (χ3n) is 8.01. The van der Waals surface area contributed by atoms with Gasteiger partial charge in [0.2, 0.25) is 5.82 Å². The molecule has 0 aliphatic carbocycles. The first kappa shape index (κ1) is 29.1. The quantitative estimate of drug-likeness (QED) is 0.229. The molecule has 1 amide bonds. The summed E-state index contributed by atoms with van der Waals surface area (Å²) in [6, 6.07) is 9.13. The summed E-state index contributed by atoms with van der Waals surface area (Å²) in [5.74, 6) is -3.55. The fraction of sp³-hybridized carbons (Fsp3) is 0.323. The number of benzene rings is 2. The maximum atomic E-state index is 15.5. The Hall–Kier alpha value is -4.96. The Morgan fingerprint density at radius 1 is 1.16 bits per heavy atom. The van der Waals surface area contributed by atoms with E-state index in [2.05, 4.69) is 26.5 Å². The van der Waals surface area contributed by atoms with Crippen LogP contribution in [0.1, 0.15) is 25.7 Å². The van der Waals surface area contributed by atoms with Crippen LogP contribution in [-0.4, -0.2) is 56.2 Å². The van der Waals surface area contributed by atoms with E-state index in [1.807, 2.05) is 0 Å². The zero-order valence-corrected chi connectivity index (χ0v) is 23.6. The fourth-order valence-corrected chi connectivity index (χ4v) is 5.85. The third-order valence-corrected chi connectivity index (χ3v) is 8.01. The molecule has 0 bridgehead atoms. The van der Waals surface area contributed by atoms with Gasteiger partial charge in [0.25, 0.3) is 5.91 Å². The molecule has 44 heavy (non-hydrogen) atoms. The number of nitrogens with one attached hydrogen (secondary N) is 1. The van der Waals surface area contributed by atoms with Crippen molar-refractivity contribution in [3.63, 3.8) is 0 Å². The second-order valence-electron chi connectivity index (χ2n) is 10.9. The number of fused-ring (bicyclic) bond motifs is 1. The number of carbonyl (C=O) groups excluding carboxylic acids is 1. The first-order valence-electron chi connectivity index (χ1n) is 14.4. The molecule has 13 heteroatoms. The van der Waals surface area contributed by atoms with E-state index in [1.165, 1.54) is 30.6 Å². The zero-order chi connectivity index (χ0) is 30.8. The number of hydrogen-bond donors (Lipinski definition) is 2. The topological polar surface area (TPSA) is 135 Å². The Morgan fingerprint density at radius 3 is 2.80 bits per heavy atom. The lowest BCUT2D eigenvalue weighted by molar-refractivity contribution is -0.127. The van der Waals surface area contributed by atoms with Gasteiger partial charge in [-0.1, -0.05) is 12.1 Å². The number of anilines is 1. The van der Waals surface area contributed by atoms with E-state index in [1.54, 1.807) is 15.7 Å². The predicted octanol–water partition coefficient (Wildman–Crippen LogP) is 4.73. The van der Waals surface area contributed by atoms with Gasteiger partial charge in [-0.2, -0.15) is 14.8 Å². The van der Waals surface area contributed by atoms with Crippen LogP contribution in [0.3, 0.4) is 0 Å². The Bertz CT molecular complexity index is 1790. The van der Waals surface area contributed by atoms with Crippen LogP contribution in [0.15, 0.2) is 54.4 Å². The van der Waals surface area contributed by atoms with Crippen molar-refractivity contribution < 1.29 is 22.7 Å². The monoisotopic (exact) mass is 602 g/mol. The summed E-state index contributed by atoms with van der Waals surface area (Å²) >= 11 is 0. The first-order valence-corrected chi connectivity index (χ1v) is 14.4. The molecule has 6 rings (SSSR count). The SMILES string of the molecule is N#C/C(=C\C1CCCNC1)C(=O)N1CCC[C@H]1Cn1nc(-c2ccc(Oc3cccc(F)c3F)cc2F)c2c(N)ncnc21. The molecular formula is C31H29F3N8O2. The number of aromatic nitrogens is 4. The Balaban J connectivity index is 1.29. The minimum absolute atomic E-state index is 0.0471. The van der Waals surface area contributed by atoms with Crippen molar-refractivity contribution in [3.05, 3.63) is 71.8 Å². The summed E-state index contributed by atoms with van der Waals surface area (Å²) in [7, 11) is 0. The molecule has 2 aliphatic rings. The second kappa shape index (κ2) is 12.3. The number of nitrogens with zero attached hydrogens (tertiary/aromatic N) is 6. The van der Waals surface area contributed by atoms with E-state index < -0.39 is 17.5 Å². The number of amides is 1. The van der Waals surface area contributed by atoms with Gasteiger partial charge >= 0.3 is 0 Å². The van der Waals surface area contributed by atoms with Gasteiger partial charge in [0.1, 0.15) is 41.0 Å². The van der Waals surface area contributed by atoms with Gasteiger partial charge in [-0.3, -0.25) is 4.79 Å². The van der Waals surface area contributed by atoms with Crippen molar-refractivity contribution >= 4 is 22.8 Å². The highest BCUT2D eigenvalue weighted by Crippen LogP contribution is 2.35. The van der Waals surface area contributed by atoms with Crippen LogP contribution in [-0.2, 0) is 11.3 Å². The van der Waals surface area contributed by atoms with E-state index in [9.17, 15) is 18.8 Å². The molecule has 2 fully saturated rings. The maximum absolute atomic E-state index is 15.5. The molecule has 4 heterocycles. The highest BCUT2D eigenvalue weighted by atomic mass is 19.2. The van der Waals surface area contributed by atoms with Crippen LogP contribution in [0.2, 0.25) is 0 Å². The smallest absolute Gasteiger partial charge is 0.264 e. The minimum Gasteiger partial charge on any atom is -0.454 e. The fourth-order valence-electron chi connectivity index (χ4n) is 5.85. The number of halogens is 3. The number of hydrogen-bond acceptors (Lipinski definition) is 8. The Labute approximate surface area is 250 Å². The van der Waals surface area contributed by atoms with Gasteiger partial charge in [-0.15, -0.1) is 0 Å². The summed E-state index contributed by atoms with van der Waals surface area (Å²) in [5.41, 5.74) is 6.94. The number of likely N-dealkylation sites (tertiary alicyclic amines) is 1. The van der Waals surface area contributed by atoms with E-state index >= 15 is 4.39 Å². The van der Waals surface area contributed by atoms with Crippen LogP contribution < -0.4 is 15.8 Å². The number of carbonyl (C=O) groups is 1. The predicted molar refractivity (Wildman–Crippen MR) is 156 cm³/mol. The van der Waals surface area contributed by atoms with Gasteiger partial charge in [0.05, 0.1) is 18.0 Å². The van der Waals surface area contributed by atoms with Crippen LogP contribution in [0, 0.1) is 34.7 Å². The van der Waals surface area contributed by atoms with Crippen molar-refractivity contribution in [3.8, 4) is 28.8 Å². The van der Waals surface area contributed by atoms with E-state index in [4.69, 9.17) is 10.5 Å². The molecule has 0 spiro atoms. The molecule has 1 unspecified atom stereocenters. The average Bonchev–Trinajstić information content (AvgIpc) is 3.64. The van der Waals surface area contributed by atoms with E-state index in [0.717, 1.165) is 44.5 Å². The van der Waals surface area contributed by atoms with Crippen molar-refractivity contribution in [2.24, 2.45) is 5.92 Å². The largest absolute Gasteiger partial charge is 0.454 e. The third kappa shape index (κ3) is 5.68. The number of rotatable bonds is 7. The Morgan fingerprint density at radius 2 is 2.02 bits per heavy atom. The minimum atomic E-state index is -1.19.